The van der Waals surface area contributed by atoms with Gasteiger partial charge in [0.15, 0.2) is 6.04 Å². The molecule has 1 aromatic rings. The molecule has 1 aliphatic rings. The van der Waals surface area contributed by atoms with E-state index in [9.17, 15) is 14.4 Å². The third kappa shape index (κ3) is 5.95. The molecule has 3 N–H and O–H groups in total. The Bertz CT molecular complexity index is 523. The maximum absolute atomic E-state index is 10.6. The van der Waals surface area contributed by atoms with Crippen molar-refractivity contribution in [1.82, 2.24) is 5.23 Å². The molecule has 0 bridgehead atoms. The van der Waals surface area contributed by atoms with Crippen molar-refractivity contribution < 1.29 is 34.6 Å². The number of nitrogens with zero attached hydrogens (tertiary/aromatic N) is 1. The van der Waals surface area contributed by atoms with Gasteiger partial charge in [0.05, 0.1) is 0 Å². The van der Waals surface area contributed by atoms with Crippen LogP contribution in [0.2, 0.25) is 0 Å². The average Bonchev–Trinajstić information content (AvgIpc) is 2.81. The molecule has 1 heterocycles. The van der Waals surface area contributed by atoms with Crippen LogP contribution >= 0.6 is 0 Å². The molecule has 1 aliphatic heterocycles. The highest BCUT2D eigenvalue weighted by Crippen LogP contribution is 2.06. The SMILES string of the molecule is O=C(O)C(Cc1ccccc1)N(O)O.O=C1C=CC(=O)O1. The van der Waals surface area contributed by atoms with E-state index in [1.54, 1.807) is 30.3 Å². The minimum atomic E-state index is -1.34. The first-order chi connectivity index (χ1) is 9.90. The number of esters is 2. The molecule has 0 spiro atoms. The van der Waals surface area contributed by atoms with E-state index in [1.807, 2.05) is 0 Å². The van der Waals surface area contributed by atoms with Crippen LogP contribution in [0, 0.1) is 0 Å². The van der Waals surface area contributed by atoms with Crippen LogP contribution in [-0.4, -0.2) is 44.7 Å². The number of hydrogen-bond donors (Lipinski definition) is 3. The van der Waals surface area contributed by atoms with E-state index in [4.69, 9.17) is 15.5 Å². The quantitative estimate of drug-likeness (QED) is 0.414. The fourth-order valence-corrected chi connectivity index (χ4v) is 1.41. The van der Waals surface area contributed by atoms with Crippen LogP contribution in [0.1, 0.15) is 5.56 Å². The Morgan fingerprint density at radius 3 is 1.95 bits per heavy atom. The molecule has 21 heavy (non-hydrogen) atoms. The summed E-state index contributed by atoms with van der Waals surface area (Å²) in [7, 11) is 0. The highest BCUT2D eigenvalue weighted by atomic mass is 16.8. The standard InChI is InChI=1S/C9H11NO4.C4H2O3/c11-9(12)8(10(13)14)6-7-4-2-1-3-5-7;5-3-1-2-4(6)7-3/h1-5,8,13-14H,6H2,(H,11,12);1-2H. The highest BCUT2D eigenvalue weighted by Gasteiger charge is 2.23. The van der Waals surface area contributed by atoms with Crippen molar-refractivity contribution in [2.45, 2.75) is 12.5 Å². The predicted molar refractivity (Wildman–Crippen MR) is 67.2 cm³/mol. The number of carboxylic acids is 1. The molecule has 8 nitrogen and oxygen atoms in total. The van der Waals surface area contributed by atoms with E-state index in [-0.39, 0.29) is 11.6 Å². The molecule has 0 saturated heterocycles. The van der Waals surface area contributed by atoms with Crippen molar-refractivity contribution in [3.63, 3.8) is 0 Å². The summed E-state index contributed by atoms with van der Waals surface area (Å²) in [4.78, 5) is 30.4. The van der Waals surface area contributed by atoms with Crippen molar-refractivity contribution in [3.05, 3.63) is 48.0 Å². The van der Waals surface area contributed by atoms with Crippen LogP contribution < -0.4 is 0 Å². The Hall–Kier alpha value is -2.55. The summed E-state index contributed by atoms with van der Waals surface area (Å²) in [6.45, 7) is 0. The number of hydroxylamine groups is 2. The summed E-state index contributed by atoms with van der Waals surface area (Å²) in [6, 6.07) is 7.42. The second-order valence-corrected chi connectivity index (χ2v) is 3.94. The van der Waals surface area contributed by atoms with Gasteiger partial charge in [-0.2, -0.15) is 0 Å². The van der Waals surface area contributed by atoms with Crippen LogP contribution in [0.25, 0.3) is 0 Å². The van der Waals surface area contributed by atoms with Crippen LogP contribution in [0.15, 0.2) is 42.5 Å². The van der Waals surface area contributed by atoms with Crippen LogP contribution in [-0.2, 0) is 25.5 Å². The zero-order valence-electron chi connectivity index (χ0n) is 10.7. The zero-order valence-corrected chi connectivity index (χ0v) is 10.7. The van der Waals surface area contributed by atoms with Gasteiger partial charge >= 0.3 is 17.9 Å². The van der Waals surface area contributed by atoms with Gasteiger partial charge in [0.1, 0.15) is 0 Å². The van der Waals surface area contributed by atoms with Crippen molar-refractivity contribution in [2.24, 2.45) is 0 Å². The summed E-state index contributed by atoms with van der Waals surface area (Å²) in [5, 5.41) is 25.7. The number of aliphatic carboxylic acids is 1. The lowest BCUT2D eigenvalue weighted by Crippen LogP contribution is -2.38. The Labute approximate surface area is 119 Å². The first kappa shape index (κ1) is 16.5. The molecule has 0 aliphatic carbocycles. The molecule has 0 aromatic heterocycles. The first-order valence-electron chi connectivity index (χ1n) is 5.77. The van der Waals surface area contributed by atoms with E-state index in [0.717, 1.165) is 17.7 Å². The van der Waals surface area contributed by atoms with Crippen molar-refractivity contribution in [2.75, 3.05) is 0 Å². The normalized spacial score (nSPS) is 14.4. The van der Waals surface area contributed by atoms with E-state index < -0.39 is 23.9 Å². The third-order valence-electron chi connectivity index (χ3n) is 2.39. The summed E-state index contributed by atoms with van der Waals surface area (Å²) < 4.78 is 3.97. The predicted octanol–water partition coefficient (Wildman–Crippen LogP) is 0.389. The van der Waals surface area contributed by atoms with E-state index >= 15 is 0 Å². The highest BCUT2D eigenvalue weighted by molar-refractivity contribution is 6.04. The third-order valence-corrected chi connectivity index (χ3v) is 2.39. The summed E-state index contributed by atoms with van der Waals surface area (Å²) in [6.07, 6.45) is 2.22. The van der Waals surface area contributed by atoms with Crippen molar-refractivity contribution >= 4 is 17.9 Å². The van der Waals surface area contributed by atoms with E-state index in [1.165, 1.54) is 0 Å². The van der Waals surface area contributed by atoms with Crippen LogP contribution in [0.4, 0.5) is 0 Å². The maximum atomic E-state index is 10.6. The minimum absolute atomic E-state index is 0.0448. The molecule has 0 radical (unpaired) electrons. The fourth-order valence-electron chi connectivity index (χ4n) is 1.41. The Kier molecular flexibility index (Phi) is 6.21. The van der Waals surface area contributed by atoms with Gasteiger partial charge in [-0.3, -0.25) is 15.2 Å². The number of benzene rings is 1. The molecule has 2 rings (SSSR count). The van der Waals surface area contributed by atoms with Gasteiger partial charge in [-0.05, 0) is 5.56 Å². The lowest BCUT2D eigenvalue weighted by molar-refractivity contribution is -0.327. The number of carbonyl (C=O) groups is 3. The average molecular weight is 295 g/mol. The van der Waals surface area contributed by atoms with Gasteiger partial charge in [0, 0.05) is 18.6 Å². The van der Waals surface area contributed by atoms with Gasteiger partial charge in [-0.1, -0.05) is 35.6 Å². The number of cyclic esters (lactones) is 2. The van der Waals surface area contributed by atoms with Crippen LogP contribution in [0.5, 0.6) is 0 Å². The molecule has 0 fully saturated rings. The van der Waals surface area contributed by atoms with E-state index in [2.05, 4.69) is 4.74 Å². The molecule has 0 amide bonds. The van der Waals surface area contributed by atoms with E-state index in [0.29, 0.717) is 0 Å². The zero-order chi connectivity index (χ0) is 15.8. The minimum Gasteiger partial charge on any atom is -0.480 e. The lowest BCUT2D eigenvalue weighted by Gasteiger charge is -2.15. The molecule has 112 valence electrons. The van der Waals surface area contributed by atoms with Gasteiger partial charge in [0.2, 0.25) is 0 Å². The second kappa shape index (κ2) is 7.90. The molecule has 1 unspecified atom stereocenters. The fraction of sp³-hybridized carbons (Fsp3) is 0.154. The molecule has 1 atom stereocenters. The summed E-state index contributed by atoms with van der Waals surface area (Å²) in [5.41, 5.74) is 0.730. The summed E-state index contributed by atoms with van der Waals surface area (Å²) in [5.74, 6) is -2.44. The topological polar surface area (TPSA) is 124 Å². The van der Waals surface area contributed by atoms with Crippen LogP contribution in [0.3, 0.4) is 0 Å². The van der Waals surface area contributed by atoms with Gasteiger partial charge in [-0.25, -0.2) is 9.59 Å². The molecule has 0 saturated carbocycles. The van der Waals surface area contributed by atoms with Gasteiger partial charge < -0.3 is 9.84 Å². The number of rotatable bonds is 4. The first-order valence-corrected chi connectivity index (χ1v) is 5.77. The number of hydrogen-bond acceptors (Lipinski definition) is 7. The molecular weight excluding hydrogens is 282 g/mol. The molecular formula is C13H13NO7. The monoisotopic (exact) mass is 295 g/mol. The Morgan fingerprint density at radius 1 is 1.10 bits per heavy atom. The van der Waals surface area contributed by atoms with Crippen molar-refractivity contribution in [3.8, 4) is 0 Å². The molecule has 1 aromatic carbocycles. The Balaban J connectivity index is 0.000000262. The summed E-state index contributed by atoms with van der Waals surface area (Å²) >= 11 is 0. The second-order valence-electron chi connectivity index (χ2n) is 3.94. The Morgan fingerprint density at radius 2 is 1.62 bits per heavy atom. The molecule has 8 heteroatoms. The van der Waals surface area contributed by atoms with Gasteiger partial charge in [-0.15, -0.1) is 0 Å². The smallest absolute Gasteiger partial charge is 0.338 e. The number of carboxylic acid groups (broad SMARTS) is 1. The lowest BCUT2D eigenvalue weighted by atomic mass is 10.1. The maximum Gasteiger partial charge on any atom is 0.338 e. The number of carbonyl (C=O) groups excluding carboxylic acids is 2. The van der Waals surface area contributed by atoms with Crippen molar-refractivity contribution in [1.29, 1.82) is 0 Å². The largest absolute Gasteiger partial charge is 0.480 e. The van der Waals surface area contributed by atoms with Gasteiger partial charge in [0.25, 0.3) is 0 Å². The number of ether oxygens (including phenoxy) is 1.